The second kappa shape index (κ2) is 10.1. The number of halogens is 2. The van der Waals surface area contributed by atoms with Gasteiger partial charge in [0.2, 0.25) is 0 Å². The SMILES string of the molecule is CO/C(N)=C/c1ccc(-c2nc(C(F)F)ccc2/C(C=NCC(C)(C)C)=C/N)cc1N. The van der Waals surface area contributed by atoms with Crippen molar-refractivity contribution >= 4 is 23.6 Å². The molecule has 0 fully saturated rings. The third kappa shape index (κ3) is 6.53. The van der Waals surface area contributed by atoms with Crippen LogP contribution in [0.3, 0.4) is 0 Å². The average molecular weight is 430 g/mol. The van der Waals surface area contributed by atoms with Crippen molar-refractivity contribution in [3.63, 3.8) is 0 Å². The minimum absolute atomic E-state index is 0.00132. The van der Waals surface area contributed by atoms with Gasteiger partial charge in [0.1, 0.15) is 5.69 Å². The van der Waals surface area contributed by atoms with Crippen LogP contribution in [-0.4, -0.2) is 24.9 Å². The molecule has 6 nitrogen and oxygen atoms in total. The van der Waals surface area contributed by atoms with E-state index < -0.39 is 6.43 Å². The van der Waals surface area contributed by atoms with Crippen molar-refractivity contribution in [2.24, 2.45) is 21.9 Å². The number of aliphatic imine (C=N–C) groups is 1. The van der Waals surface area contributed by atoms with Crippen LogP contribution in [0.5, 0.6) is 0 Å². The zero-order valence-electron chi connectivity index (χ0n) is 18.2. The minimum atomic E-state index is -2.71. The lowest BCUT2D eigenvalue weighted by Gasteiger charge is -2.15. The molecule has 166 valence electrons. The first-order valence-electron chi connectivity index (χ1n) is 9.68. The monoisotopic (exact) mass is 429 g/mol. The number of benzene rings is 1. The smallest absolute Gasteiger partial charge is 0.280 e. The summed E-state index contributed by atoms with van der Waals surface area (Å²) in [6.45, 7) is 6.78. The number of nitrogens with two attached hydrogens (primary N) is 3. The number of nitrogens with zero attached hydrogens (tertiary/aromatic N) is 2. The molecule has 0 spiro atoms. The van der Waals surface area contributed by atoms with Gasteiger partial charge in [-0.1, -0.05) is 39.0 Å². The summed E-state index contributed by atoms with van der Waals surface area (Å²) in [5, 5.41) is 0. The average Bonchev–Trinajstić information content (AvgIpc) is 2.71. The number of aromatic nitrogens is 1. The standard InChI is InChI=1S/C23H29F2N5O/c1-23(2,3)13-29-12-16(11-26)17-7-8-19(22(24)25)30-21(17)15-6-5-14(18(27)9-15)10-20(28)31-4/h5-12,22H,13,26-28H2,1-4H3/b16-11+,20-10+,29-12?. The van der Waals surface area contributed by atoms with Crippen molar-refractivity contribution < 1.29 is 13.5 Å². The van der Waals surface area contributed by atoms with Gasteiger partial charge in [-0.2, -0.15) is 0 Å². The maximum Gasteiger partial charge on any atom is 0.280 e. The topological polar surface area (TPSA) is 113 Å². The van der Waals surface area contributed by atoms with Gasteiger partial charge in [0.05, 0.1) is 12.8 Å². The Morgan fingerprint density at radius 3 is 2.48 bits per heavy atom. The third-order valence-corrected chi connectivity index (χ3v) is 4.32. The summed E-state index contributed by atoms with van der Waals surface area (Å²) in [4.78, 5) is 8.63. The Morgan fingerprint density at radius 2 is 1.94 bits per heavy atom. The molecule has 8 heteroatoms. The van der Waals surface area contributed by atoms with E-state index in [-0.39, 0.29) is 17.0 Å². The number of anilines is 1. The van der Waals surface area contributed by atoms with Gasteiger partial charge >= 0.3 is 0 Å². The highest BCUT2D eigenvalue weighted by Crippen LogP contribution is 2.32. The molecule has 0 atom stereocenters. The summed E-state index contributed by atoms with van der Waals surface area (Å²) in [5.41, 5.74) is 20.4. The van der Waals surface area contributed by atoms with E-state index in [1.54, 1.807) is 36.6 Å². The van der Waals surface area contributed by atoms with E-state index in [1.807, 2.05) is 0 Å². The molecule has 0 radical (unpaired) electrons. The fourth-order valence-electron chi connectivity index (χ4n) is 2.73. The number of allylic oxidation sites excluding steroid dienone is 1. The molecule has 6 N–H and O–H groups in total. The van der Waals surface area contributed by atoms with Gasteiger partial charge < -0.3 is 21.9 Å². The Labute approximate surface area is 181 Å². The third-order valence-electron chi connectivity index (χ3n) is 4.32. The molecule has 2 rings (SSSR count). The van der Waals surface area contributed by atoms with Crippen molar-refractivity contribution in [3.05, 3.63) is 59.2 Å². The first-order valence-corrected chi connectivity index (χ1v) is 9.68. The van der Waals surface area contributed by atoms with Crippen LogP contribution in [0.1, 0.15) is 44.0 Å². The summed E-state index contributed by atoms with van der Waals surface area (Å²) in [7, 11) is 1.45. The van der Waals surface area contributed by atoms with Crippen LogP contribution >= 0.6 is 0 Å². The molecule has 0 unspecified atom stereocenters. The number of hydrogen-bond donors (Lipinski definition) is 3. The van der Waals surface area contributed by atoms with Crippen molar-refractivity contribution in [2.45, 2.75) is 27.2 Å². The van der Waals surface area contributed by atoms with Crippen molar-refractivity contribution in [2.75, 3.05) is 19.4 Å². The van der Waals surface area contributed by atoms with E-state index in [0.717, 1.165) is 0 Å². The molecule has 0 saturated carbocycles. The minimum Gasteiger partial charge on any atom is -0.483 e. The van der Waals surface area contributed by atoms with Crippen LogP contribution < -0.4 is 17.2 Å². The quantitative estimate of drug-likeness (QED) is 0.339. The Bertz CT molecular complexity index is 1010. The van der Waals surface area contributed by atoms with Crippen LogP contribution in [0.25, 0.3) is 22.9 Å². The zero-order valence-corrected chi connectivity index (χ0v) is 18.2. The van der Waals surface area contributed by atoms with Crippen molar-refractivity contribution in [1.82, 2.24) is 4.98 Å². The number of rotatable bonds is 7. The van der Waals surface area contributed by atoms with Crippen LogP contribution in [0.2, 0.25) is 0 Å². The molecule has 0 amide bonds. The maximum atomic E-state index is 13.3. The maximum absolute atomic E-state index is 13.3. The molecule has 2 aromatic rings. The molecule has 1 aromatic heterocycles. The molecule has 1 heterocycles. The summed E-state index contributed by atoms with van der Waals surface area (Å²) in [6, 6.07) is 7.95. The number of pyridine rings is 1. The summed E-state index contributed by atoms with van der Waals surface area (Å²) in [5.74, 6) is 0.196. The molecule has 1 aromatic carbocycles. The van der Waals surface area contributed by atoms with E-state index in [0.29, 0.717) is 40.2 Å². The van der Waals surface area contributed by atoms with E-state index in [1.165, 1.54) is 19.4 Å². The Morgan fingerprint density at radius 1 is 1.23 bits per heavy atom. The second-order valence-electron chi connectivity index (χ2n) is 8.18. The van der Waals surface area contributed by atoms with Gasteiger partial charge in [0.15, 0.2) is 5.88 Å². The lowest BCUT2D eigenvalue weighted by atomic mass is 9.96. The van der Waals surface area contributed by atoms with E-state index in [2.05, 4.69) is 30.7 Å². The lowest BCUT2D eigenvalue weighted by molar-refractivity contribution is 0.146. The lowest BCUT2D eigenvalue weighted by Crippen LogP contribution is -2.09. The normalized spacial score (nSPS) is 13.3. The van der Waals surface area contributed by atoms with Crippen LogP contribution in [0.4, 0.5) is 14.5 Å². The largest absolute Gasteiger partial charge is 0.483 e. The fraction of sp³-hybridized carbons (Fsp3) is 0.304. The Kier molecular flexibility index (Phi) is 7.74. The molecule has 0 aliphatic heterocycles. The number of ether oxygens (including phenoxy) is 1. The highest BCUT2D eigenvalue weighted by molar-refractivity contribution is 6.11. The Balaban J connectivity index is 2.57. The zero-order chi connectivity index (χ0) is 23.2. The Hall–Kier alpha value is -3.42. The first-order chi connectivity index (χ1) is 14.6. The highest BCUT2D eigenvalue weighted by atomic mass is 19.3. The number of alkyl halides is 2. The summed E-state index contributed by atoms with van der Waals surface area (Å²) >= 11 is 0. The van der Waals surface area contributed by atoms with Crippen molar-refractivity contribution in [3.8, 4) is 11.3 Å². The molecular weight excluding hydrogens is 400 g/mol. The van der Waals surface area contributed by atoms with Gasteiger partial charge in [-0.05, 0) is 17.5 Å². The first kappa shape index (κ1) is 23.9. The highest BCUT2D eigenvalue weighted by Gasteiger charge is 2.17. The predicted octanol–water partition coefficient (Wildman–Crippen LogP) is 4.59. The van der Waals surface area contributed by atoms with Crippen LogP contribution in [0.15, 0.2) is 47.4 Å². The molecule has 31 heavy (non-hydrogen) atoms. The van der Waals surface area contributed by atoms with Gasteiger partial charge in [0, 0.05) is 53.0 Å². The van der Waals surface area contributed by atoms with E-state index in [9.17, 15) is 8.78 Å². The summed E-state index contributed by atoms with van der Waals surface area (Å²) in [6.07, 6.45) is 1.88. The van der Waals surface area contributed by atoms with Gasteiger partial charge in [-0.15, -0.1) is 0 Å². The number of hydrogen-bond acceptors (Lipinski definition) is 6. The van der Waals surface area contributed by atoms with Gasteiger partial charge in [-0.25, -0.2) is 13.8 Å². The number of methoxy groups -OCH3 is 1. The predicted molar refractivity (Wildman–Crippen MR) is 123 cm³/mol. The van der Waals surface area contributed by atoms with Crippen molar-refractivity contribution in [1.29, 1.82) is 0 Å². The molecule has 0 aliphatic rings. The summed E-state index contributed by atoms with van der Waals surface area (Å²) < 4.78 is 31.6. The van der Waals surface area contributed by atoms with E-state index in [4.69, 9.17) is 21.9 Å². The fourth-order valence-corrected chi connectivity index (χ4v) is 2.73. The second-order valence-corrected chi connectivity index (χ2v) is 8.18. The van der Waals surface area contributed by atoms with Crippen LogP contribution in [0, 0.1) is 5.41 Å². The van der Waals surface area contributed by atoms with Gasteiger partial charge in [0.25, 0.3) is 6.43 Å². The van der Waals surface area contributed by atoms with E-state index >= 15 is 0 Å². The molecule has 0 bridgehead atoms. The number of nitrogen functional groups attached to an aromatic ring is 1. The molecule has 0 aliphatic carbocycles. The van der Waals surface area contributed by atoms with Crippen LogP contribution in [-0.2, 0) is 4.74 Å². The molecular formula is C23H29F2N5O. The van der Waals surface area contributed by atoms with Gasteiger partial charge in [-0.3, -0.25) is 4.99 Å². The molecule has 0 saturated heterocycles.